The quantitative estimate of drug-likeness (QED) is 0.613. The lowest BCUT2D eigenvalue weighted by atomic mass is 9.78. The molecule has 0 N–H and O–H groups in total. The minimum Gasteiger partial charge on any atom is -0.480 e. The minimum absolute atomic E-state index is 0.0281. The van der Waals surface area contributed by atoms with Crippen molar-refractivity contribution in [2.75, 3.05) is 33.9 Å². The summed E-state index contributed by atoms with van der Waals surface area (Å²) >= 11 is 9.11. The number of methoxy groups -OCH3 is 1. The van der Waals surface area contributed by atoms with Crippen LogP contribution in [0.25, 0.3) is 10.9 Å². The van der Waals surface area contributed by atoms with E-state index in [1.807, 2.05) is 14.0 Å². The van der Waals surface area contributed by atoms with Crippen molar-refractivity contribution in [2.45, 2.75) is 13.3 Å². The molecule has 1 aromatic heterocycles. The van der Waals surface area contributed by atoms with Gasteiger partial charge in [0.2, 0.25) is 5.88 Å². The summed E-state index contributed by atoms with van der Waals surface area (Å²) in [4.78, 5) is 10.5. The zero-order valence-corrected chi connectivity index (χ0v) is 17.5. The number of likely N-dealkylation sites (tertiary alicyclic amines) is 1. The summed E-state index contributed by atoms with van der Waals surface area (Å²) in [5.41, 5.74) is 0.168. The first kappa shape index (κ1) is 20.2. The second-order valence-corrected chi connectivity index (χ2v) is 8.07. The van der Waals surface area contributed by atoms with Crippen LogP contribution in [0.5, 0.6) is 11.9 Å². The average molecular weight is 463 g/mol. The van der Waals surface area contributed by atoms with E-state index in [9.17, 15) is 8.78 Å². The van der Waals surface area contributed by atoms with Gasteiger partial charge in [-0.1, -0.05) is 18.5 Å². The molecule has 1 saturated heterocycles. The molecule has 0 amide bonds. The van der Waals surface area contributed by atoms with Crippen LogP contribution in [-0.2, 0) is 0 Å². The Balaban J connectivity index is 1.95. The van der Waals surface area contributed by atoms with E-state index in [1.165, 1.54) is 13.2 Å². The maximum absolute atomic E-state index is 14.6. The Morgan fingerprint density at radius 2 is 2.19 bits per heavy atom. The second kappa shape index (κ2) is 7.85. The highest BCUT2D eigenvalue weighted by Crippen LogP contribution is 2.37. The third kappa shape index (κ3) is 3.88. The van der Waals surface area contributed by atoms with E-state index < -0.39 is 11.2 Å². The van der Waals surface area contributed by atoms with E-state index in [-0.39, 0.29) is 33.5 Å². The minimum atomic E-state index is -0.629. The third-order valence-electron chi connectivity index (χ3n) is 4.77. The summed E-state index contributed by atoms with van der Waals surface area (Å²) < 4.78 is 39.0. The molecule has 1 atom stereocenters. The van der Waals surface area contributed by atoms with E-state index in [1.54, 1.807) is 0 Å². The van der Waals surface area contributed by atoms with Crippen molar-refractivity contribution in [3.8, 4) is 11.9 Å². The summed E-state index contributed by atoms with van der Waals surface area (Å²) in [6.07, 6.45) is 1.27. The van der Waals surface area contributed by atoms with E-state index in [0.29, 0.717) is 30.3 Å². The summed E-state index contributed by atoms with van der Waals surface area (Å²) in [7, 11) is 3.39. The first-order chi connectivity index (χ1) is 12.8. The molecule has 1 aromatic carbocycles. The fourth-order valence-corrected chi connectivity index (χ4v) is 3.78. The van der Waals surface area contributed by atoms with Crippen LogP contribution in [-0.4, -0.2) is 48.7 Å². The van der Waals surface area contributed by atoms with Gasteiger partial charge in [-0.2, -0.15) is 9.97 Å². The van der Waals surface area contributed by atoms with E-state index in [0.717, 1.165) is 6.54 Å². The Bertz CT molecular complexity index is 912. The van der Waals surface area contributed by atoms with Gasteiger partial charge >= 0.3 is 6.01 Å². The smallest absolute Gasteiger partial charge is 0.320 e. The normalized spacial score (nSPS) is 22.4. The van der Waals surface area contributed by atoms with Crippen LogP contribution in [0.4, 0.5) is 8.78 Å². The van der Waals surface area contributed by atoms with Crippen LogP contribution >= 0.6 is 27.5 Å². The number of hydrogen-bond acceptors (Lipinski definition) is 5. The van der Waals surface area contributed by atoms with Gasteiger partial charge in [-0.15, -0.1) is 0 Å². The first-order valence-electron chi connectivity index (χ1n) is 8.29. The molecule has 0 spiro atoms. The third-order valence-corrected chi connectivity index (χ3v) is 6.08. The highest BCUT2D eigenvalue weighted by atomic mass is 79.9. The number of aromatic nitrogens is 2. The first-order valence-corrected chi connectivity index (χ1v) is 9.46. The van der Waals surface area contributed by atoms with Gasteiger partial charge in [0, 0.05) is 18.5 Å². The average Bonchev–Trinajstić information content (AvgIpc) is 2.64. The van der Waals surface area contributed by atoms with Crippen LogP contribution in [0, 0.1) is 11.2 Å². The lowest BCUT2D eigenvalue weighted by Crippen LogP contribution is -2.44. The molecule has 0 radical (unpaired) electrons. The number of piperidine rings is 1. The van der Waals surface area contributed by atoms with Crippen LogP contribution in [0.2, 0.25) is 5.02 Å². The number of ether oxygens (including phenoxy) is 2. The molecular formula is C18H19BrClF2N3O2. The van der Waals surface area contributed by atoms with Crippen molar-refractivity contribution in [3.05, 3.63) is 33.3 Å². The van der Waals surface area contributed by atoms with Crippen molar-refractivity contribution in [2.24, 2.45) is 5.41 Å². The molecule has 9 heteroatoms. The molecule has 146 valence electrons. The van der Waals surface area contributed by atoms with E-state index in [2.05, 4.69) is 30.8 Å². The van der Waals surface area contributed by atoms with Crippen LogP contribution in [0.3, 0.4) is 0 Å². The molecule has 2 aromatic rings. The molecule has 0 saturated carbocycles. The standard InChI is InChI=1S/C18H19BrClF2N3O2/c1-18(8-25(2)5-4-10(18)7-21)9-27-17-23-15-11(16(24-17)26-3)6-12(20)13(19)14(15)22/h6-7H,4-5,8-9H2,1-3H3. The molecule has 2 heterocycles. The van der Waals surface area contributed by atoms with E-state index >= 15 is 0 Å². The van der Waals surface area contributed by atoms with Crippen molar-refractivity contribution in [3.63, 3.8) is 0 Å². The Kier molecular flexibility index (Phi) is 5.88. The number of hydrogen-bond donors (Lipinski definition) is 0. The molecule has 0 bridgehead atoms. The molecule has 1 fully saturated rings. The molecule has 1 aliphatic heterocycles. The highest BCUT2D eigenvalue weighted by molar-refractivity contribution is 9.10. The highest BCUT2D eigenvalue weighted by Gasteiger charge is 2.35. The Morgan fingerprint density at radius 3 is 2.85 bits per heavy atom. The zero-order valence-electron chi connectivity index (χ0n) is 15.2. The number of benzene rings is 1. The Hall–Kier alpha value is -1.51. The van der Waals surface area contributed by atoms with Gasteiger partial charge in [0.25, 0.3) is 0 Å². The molecule has 27 heavy (non-hydrogen) atoms. The largest absolute Gasteiger partial charge is 0.480 e. The van der Waals surface area contributed by atoms with Gasteiger partial charge in [0.1, 0.15) is 12.1 Å². The van der Waals surface area contributed by atoms with Crippen molar-refractivity contribution in [1.29, 1.82) is 0 Å². The summed E-state index contributed by atoms with van der Waals surface area (Å²) in [6, 6.07) is 1.48. The van der Waals surface area contributed by atoms with Crippen LogP contribution < -0.4 is 9.47 Å². The maximum atomic E-state index is 14.6. The Labute approximate surface area is 169 Å². The maximum Gasteiger partial charge on any atom is 0.320 e. The van der Waals surface area contributed by atoms with Gasteiger partial charge < -0.3 is 14.4 Å². The lowest BCUT2D eigenvalue weighted by Gasteiger charge is -2.40. The SMILES string of the molecule is COc1nc(OCC2(C)CN(C)CCC2=CF)nc2c(F)c(Br)c(Cl)cc12. The van der Waals surface area contributed by atoms with Crippen molar-refractivity contribution in [1.82, 2.24) is 14.9 Å². The number of rotatable bonds is 4. The van der Waals surface area contributed by atoms with Gasteiger partial charge in [0.05, 0.1) is 28.3 Å². The van der Waals surface area contributed by atoms with Gasteiger partial charge in [-0.05, 0) is 41.0 Å². The fourth-order valence-electron chi connectivity index (χ4n) is 3.28. The van der Waals surface area contributed by atoms with E-state index in [4.69, 9.17) is 21.1 Å². The Morgan fingerprint density at radius 1 is 1.44 bits per heavy atom. The predicted molar refractivity (Wildman–Crippen MR) is 104 cm³/mol. The predicted octanol–water partition coefficient (Wildman–Crippen LogP) is 4.77. The second-order valence-electron chi connectivity index (χ2n) is 6.87. The van der Waals surface area contributed by atoms with Crippen molar-refractivity contribution < 1.29 is 18.3 Å². The molecule has 5 nitrogen and oxygen atoms in total. The lowest BCUT2D eigenvalue weighted by molar-refractivity contribution is 0.109. The van der Waals surface area contributed by atoms with Crippen LogP contribution in [0.1, 0.15) is 13.3 Å². The number of halogens is 4. The molecule has 1 unspecified atom stereocenters. The van der Waals surface area contributed by atoms with Crippen molar-refractivity contribution >= 4 is 38.4 Å². The molecular weight excluding hydrogens is 444 g/mol. The molecule has 3 rings (SSSR count). The summed E-state index contributed by atoms with van der Waals surface area (Å²) in [5.74, 6) is -0.480. The fraction of sp³-hybridized carbons (Fsp3) is 0.444. The monoisotopic (exact) mass is 461 g/mol. The number of fused-ring (bicyclic) bond motifs is 1. The van der Waals surface area contributed by atoms with Gasteiger partial charge in [0.15, 0.2) is 5.82 Å². The topological polar surface area (TPSA) is 47.5 Å². The summed E-state index contributed by atoms with van der Waals surface area (Å²) in [5, 5.41) is 0.523. The molecule has 0 aliphatic carbocycles. The molecule has 1 aliphatic rings. The number of nitrogens with zero attached hydrogens (tertiary/aromatic N) is 3. The van der Waals surface area contributed by atoms with Crippen LogP contribution in [0.15, 0.2) is 22.4 Å². The van der Waals surface area contributed by atoms with Gasteiger partial charge in [-0.25, -0.2) is 8.78 Å². The van der Waals surface area contributed by atoms with Gasteiger partial charge in [-0.3, -0.25) is 0 Å². The zero-order chi connectivity index (χ0) is 19.8. The summed E-state index contributed by atoms with van der Waals surface area (Å²) in [6.45, 7) is 3.48.